The van der Waals surface area contributed by atoms with Crippen molar-refractivity contribution in [1.82, 2.24) is 5.43 Å². The summed E-state index contributed by atoms with van der Waals surface area (Å²) in [6, 6.07) is 19.9. The molecule has 34 heavy (non-hydrogen) atoms. The van der Waals surface area contributed by atoms with Crippen molar-refractivity contribution in [2.75, 3.05) is 5.32 Å². The molecule has 0 radical (unpaired) electrons. The van der Waals surface area contributed by atoms with Gasteiger partial charge in [0.05, 0.1) is 16.7 Å². The molecule has 174 valence electrons. The molecule has 0 unspecified atom stereocenters. The number of nitrogens with one attached hydrogen (secondary N) is 2. The number of ether oxygens (including phenoxy) is 1. The van der Waals surface area contributed by atoms with Crippen molar-refractivity contribution < 1.29 is 19.2 Å². The van der Waals surface area contributed by atoms with Gasteiger partial charge in [0, 0.05) is 29.3 Å². The van der Waals surface area contributed by atoms with E-state index in [0.717, 1.165) is 6.42 Å². The van der Waals surface area contributed by atoms with Gasteiger partial charge < -0.3 is 10.1 Å². The maximum Gasteiger partial charge on any atom is 0.276 e. The first-order chi connectivity index (χ1) is 16.5. The van der Waals surface area contributed by atoms with Crippen LogP contribution in [-0.4, -0.2) is 23.0 Å². The summed E-state index contributed by atoms with van der Waals surface area (Å²) in [6.07, 6.45) is 2.56. The standard InChI is InChI=1S/C25H24N4O5/c1-2-8-24(30)27-21-12-7-11-18(15-21)25(31)28-26-16-19-9-4-6-14-23(19)34-17-20-10-3-5-13-22(20)29(32)33/h3-7,9-16H,2,8,17H2,1H3,(H,27,30)(H,28,31)/b26-16+. The average molecular weight is 460 g/mol. The number of benzene rings is 3. The van der Waals surface area contributed by atoms with E-state index in [2.05, 4.69) is 15.8 Å². The van der Waals surface area contributed by atoms with Gasteiger partial charge in [0.25, 0.3) is 11.6 Å². The van der Waals surface area contributed by atoms with Crippen molar-refractivity contribution in [3.8, 4) is 5.75 Å². The van der Waals surface area contributed by atoms with E-state index in [1.165, 1.54) is 12.3 Å². The van der Waals surface area contributed by atoms with E-state index in [-0.39, 0.29) is 18.2 Å². The third kappa shape index (κ3) is 6.73. The van der Waals surface area contributed by atoms with Crippen LogP contribution < -0.4 is 15.5 Å². The molecule has 9 nitrogen and oxygen atoms in total. The molecule has 0 aliphatic carbocycles. The lowest BCUT2D eigenvalue weighted by Gasteiger charge is -2.09. The molecule has 2 N–H and O–H groups in total. The third-order valence-electron chi connectivity index (χ3n) is 4.75. The van der Waals surface area contributed by atoms with Gasteiger partial charge in [-0.15, -0.1) is 0 Å². The fourth-order valence-corrected chi connectivity index (χ4v) is 3.10. The van der Waals surface area contributed by atoms with Crippen LogP contribution in [0.25, 0.3) is 0 Å². The minimum atomic E-state index is -0.453. The molecule has 0 aliphatic heterocycles. The molecule has 0 aliphatic rings. The van der Waals surface area contributed by atoms with Crippen molar-refractivity contribution >= 4 is 29.4 Å². The number of nitro benzene ring substituents is 1. The number of hydrazone groups is 1. The molecule has 0 heterocycles. The summed E-state index contributed by atoms with van der Waals surface area (Å²) in [5.74, 6) is -0.101. The Morgan fingerprint density at radius 1 is 1.06 bits per heavy atom. The largest absolute Gasteiger partial charge is 0.488 e. The molecule has 3 aromatic carbocycles. The molecule has 0 atom stereocenters. The van der Waals surface area contributed by atoms with E-state index in [1.807, 2.05) is 6.92 Å². The predicted molar refractivity (Wildman–Crippen MR) is 129 cm³/mol. The Morgan fingerprint density at radius 3 is 2.62 bits per heavy atom. The van der Waals surface area contributed by atoms with Crippen LogP contribution in [0.3, 0.4) is 0 Å². The van der Waals surface area contributed by atoms with Gasteiger partial charge in [0.2, 0.25) is 5.91 Å². The highest BCUT2D eigenvalue weighted by molar-refractivity contribution is 5.97. The van der Waals surface area contributed by atoms with E-state index in [1.54, 1.807) is 66.7 Å². The van der Waals surface area contributed by atoms with Crippen LogP contribution in [-0.2, 0) is 11.4 Å². The molecular weight excluding hydrogens is 436 g/mol. The normalized spacial score (nSPS) is 10.6. The zero-order valence-electron chi connectivity index (χ0n) is 18.6. The summed E-state index contributed by atoms with van der Waals surface area (Å²) in [7, 11) is 0. The first kappa shape index (κ1) is 24.1. The number of carbonyl (C=O) groups is 2. The van der Waals surface area contributed by atoms with E-state index in [4.69, 9.17) is 4.74 Å². The van der Waals surface area contributed by atoms with Gasteiger partial charge >= 0.3 is 0 Å². The number of carbonyl (C=O) groups excluding carboxylic acids is 2. The summed E-state index contributed by atoms with van der Waals surface area (Å²) >= 11 is 0. The lowest BCUT2D eigenvalue weighted by atomic mass is 10.2. The minimum Gasteiger partial charge on any atom is -0.488 e. The molecule has 0 aromatic heterocycles. The SMILES string of the molecule is CCCC(=O)Nc1cccc(C(=O)N/N=C/c2ccccc2OCc2ccccc2[N+](=O)[O-])c1. The number of nitrogens with zero attached hydrogens (tertiary/aromatic N) is 2. The molecule has 9 heteroatoms. The number of hydrogen-bond acceptors (Lipinski definition) is 6. The molecule has 0 bridgehead atoms. The van der Waals surface area contributed by atoms with E-state index in [0.29, 0.717) is 34.5 Å². The van der Waals surface area contributed by atoms with Gasteiger partial charge in [-0.25, -0.2) is 5.43 Å². The van der Waals surface area contributed by atoms with Crippen LogP contribution in [0.15, 0.2) is 77.9 Å². The Morgan fingerprint density at radius 2 is 1.82 bits per heavy atom. The number of hydrogen-bond donors (Lipinski definition) is 2. The lowest BCUT2D eigenvalue weighted by Crippen LogP contribution is -2.18. The lowest BCUT2D eigenvalue weighted by molar-refractivity contribution is -0.385. The topological polar surface area (TPSA) is 123 Å². The summed E-state index contributed by atoms with van der Waals surface area (Å²) in [6.45, 7) is 1.92. The molecule has 0 saturated heterocycles. The van der Waals surface area contributed by atoms with Crippen molar-refractivity contribution in [2.24, 2.45) is 5.10 Å². The van der Waals surface area contributed by atoms with Crippen molar-refractivity contribution in [3.63, 3.8) is 0 Å². The van der Waals surface area contributed by atoms with Crippen molar-refractivity contribution in [2.45, 2.75) is 26.4 Å². The Hall–Kier alpha value is -4.53. The predicted octanol–water partition coefficient (Wildman–Crippen LogP) is 4.68. The number of para-hydroxylation sites is 2. The number of anilines is 1. The van der Waals surface area contributed by atoms with Gasteiger partial charge in [-0.05, 0) is 42.8 Å². The molecule has 0 fully saturated rings. The highest BCUT2D eigenvalue weighted by Gasteiger charge is 2.13. The molecule has 0 spiro atoms. The summed E-state index contributed by atoms with van der Waals surface area (Å²) < 4.78 is 5.78. The van der Waals surface area contributed by atoms with Crippen LogP contribution in [0.1, 0.15) is 41.3 Å². The van der Waals surface area contributed by atoms with Crippen LogP contribution in [0.5, 0.6) is 5.75 Å². The van der Waals surface area contributed by atoms with E-state index >= 15 is 0 Å². The van der Waals surface area contributed by atoms with Crippen LogP contribution in [0.4, 0.5) is 11.4 Å². The average Bonchev–Trinajstić information content (AvgIpc) is 2.83. The second-order valence-corrected chi connectivity index (χ2v) is 7.29. The zero-order chi connectivity index (χ0) is 24.3. The quantitative estimate of drug-likeness (QED) is 0.258. The maximum atomic E-state index is 12.5. The highest BCUT2D eigenvalue weighted by atomic mass is 16.6. The molecule has 2 amide bonds. The minimum absolute atomic E-state index is 0.00487. The van der Waals surface area contributed by atoms with Gasteiger partial charge in [-0.2, -0.15) is 5.10 Å². The Kier molecular flexibility index (Phi) is 8.45. The Labute approximate surface area is 196 Å². The Bertz CT molecular complexity index is 1210. The number of nitro groups is 1. The Balaban J connectivity index is 1.64. The smallest absolute Gasteiger partial charge is 0.276 e. The van der Waals surface area contributed by atoms with Gasteiger partial charge in [-0.1, -0.05) is 37.3 Å². The van der Waals surface area contributed by atoms with Crippen LogP contribution in [0, 0.1) is 10.1 Å². The van der Waals surface area contributed by atoms with Crippen molar-refractivity contribution in [3.05, 3.63) is 99.6 Å². The molecule has 3 aromatic rings. The summed E-state index contributed by atoms with van der Waals surface area (Å²) in [5, 5.41) is 17.9. The fourth-order valence-electron chi connectivity index (χ4n) is 3.10. The van der Waals surface area contributed by atoms with Crippen LogP contribution in [0.2, 0.25) is 0 Å². The summed E-state index contributed by atoms with van der Waals surface area (Å²) in [5.41, 5.74) is 4.33. The fraction of sp³-hybridized carbons (Fsp3) is 0.160. The number of rotatable bonds is 10. The van der Waals surface area contributed by atoms with Gasteiger partial charge in [0.15, 0.2) is 0 Å². The molecule has 3 rings (SSSR count). The van der Waals surface area contributed by atoms with E-state index < -0.39 is 10.8 Å². The third-order valence-corrected chi connectivity index (χ3v) is 4.75. The van der Waals surface area contributed by atoms with E-state index in [9.17, 15) is 19.7 Å². The first-order valence-electron chi connectivity index (χ1n) is 10.7. The van der Waals surface area contributed by atoms with Crippen LogP contribution >= 0.6 is 0 Å². The van der Waals surface area contributed by atoms with Gasteiger partial charge in [-0.3, -0.25) is 19.7 Å². The maximum absolute atomic E-state index is 12.5. The second kappa shape index (κ2) is 11.9. The zero-order valence-corrected chi connectivity index (χ0v) is 18.6. The van der Waals surface area contributed by atoms with Gasteiger partial charge in [0.1, 0.15) is 12.4 Å². The monoisotopic (exact) mass is 460 g/mol. The summed E-state index contributed by atoms with van der Waals surface area (Å²) in [4.78, 5) is 35.0. The van der Waals surface area contributed by atoms with Crippen molar-refractivity contribution in [1.29, 1.82) is 0 Å². The first-order valence-corrected chi connectivity index (χ1v) is 10.7. The molecular formula is C25H24N4O5. The highest BCUT2D eigenvalue weighted by Crippen LogP contribution is 2.22. The number of amides is 2. The molecule has 0 saturated carbocycles. The second-order valence-electron chi connectivity index (χ2n) is 7.29.